The number of amides is 1. The molecule has 0 unspecified atom stereocenters. The van der Waals surface area contributed by atoms with E-state index >= 15 is 0 Å². The van der Waals surface area contributed by atoms with Crippen LogP contribution in [0.25, 0.3) is 0 Å². The van der Waals surface area contributed by atoms with E-state index in [0.717, 1.165) is 13.0 Å². The van der Waals surface area contributed by atoms with Gasteiger partial charge in [-0.05, 0) is 57.0 Å². The molecular weight excluding hydrogens is 248 g/mol. The maximum Gasteiger partial charge on any atom is 0.221 e. The molecule has 2 rings (SSSR count). The molecule has 3 nitrogen and oxygen atoms in total. The van der Waals surface area contributed by atoms with Crippen LogP contribution in [0.3, 0.4) is 0 Å². The van der Waals surface area contributed by atoms with Crippen molar-refractivity contribution in [3.05, 3.63) is 34.9 Å². The molecule has 0 radical (unpaired) electrons. The first-order chi connectivity index (χ1) is 9.58. The Kier molecular flexibility index (Phi) is 5.18. The minimum absolute atomic E-state index is 0.171. The maximum absolute atomic E-state index is 12.1. The number of nitrogens with one attached hydrogen (secondary N) is 1. The minimum atomic E-state index is 0.171. The molecule has 0 aliphatic carbocycles. The van der Waals surface area contributed by atoms with Crippen molar-refractivity contribution in [2.45, 2.75) is 52.1 Å². The van der Waals surface area contributed by atoms with E-state index in [4.69, 9.17) is 0 Å². The predicted molar refractivity (Wildman–Crippen MR) is 82.6 cm³/mol. The number of nitrogens with zero attached hydrogens (tertiary/aromatic N) is 1. The smallest absolute Gasteiger partial charge is 0.221 e. The molecule has 0 aromatic heterocycles. The van der Waals surface area contributed by atoms with Crippen LogP contribution in [0.5, 0.6) is 0 Å². The van der Waals surface area contributed by atoms with Crippen LogP contribution in [0.15, 0.2) is 18.2 Å². The van der Waals surface area contributed by atoms with Crippen molar-refractivity contribution in [2.24, 2.45) is 0 Å². The number of hydrogen-bond acceptors (Lipinski definition) is 2. The Labute approximate surface area is 122 Å². The Morgan fingerprint density at radius 2 is 2.15 bits per heavy atom. The quantitative estimate of drug-likeness (QED) is 0.915. The molecule has 0 spiro atoms. The summed E-state index contributed by atoms with van der Waals surface area (Å²) in [5.74, 6) is 0.171. The highest BCUT2D eigenvalue weighted by atomic mass is 16.1. The highest BCUT2D eigenvalue weighted by Gasteiger charge is 2.21. The van der Waals surface area contributed by atoms with Crippen LogP contribution in [0.2, 0.25) is 0 Å². The van der Waals surface area contributed by atoms with Crippen molar-refractivity contribution < 1.29 is 4.79 Å². The maximum atomic E-state index is 12.1. The SMILES string of the molecule is Cc1cccc(CNC(=O)C[C@@H]2CCCCN2C)c1C. The monoisotopic (exact) mass is 274 g/mol. The molecule has 1 aromatic rings. The number of rotatable bonds is 4. The first-order valence-corrected chi connectivity index (χ1v) is 7.60. The topological polar surface area (TPSA) is 32.3 Å². The van der Waals surface area contributed by atoms with Crippen LogP contribution in [0.4, 0.5) is 0 Å². The molecule has 1 atom stereocenters. The highest BCUT2D eigenvalue weighted by Crippen LogP contribution is 2.18. The van der Waals surface area contributed by atoms with E-state index in [1.807, 2.05) is 0 Å². The standard InChI is InChI=1S/C17H26N2O/c1-13-7-6-8-15(14(13)2)12-18-17(20)11-16-9-4-5-10-19(16)3/h6-8,16H,4-5,9-12H2,1-3H3,(H,18,20)/t16-/m0/s1. The number of likely N-dealkylation sites (tertiary alicyclic amines) is 1. The zero-order valence-corrected chi connectivity index (χ0v) is 12.9. The van der Waals surface area contributed by atoms with Crippen molar-refractivity contribution in [1.82, 2.24) is 10.2 Å². The molecule has 1 aliphatic heterocycles. The average molecular weight is 274 g/mol. The lowest BCUT2D eigenvalue weighted by molar-refractivity contribution is -0.122. The number of benzene rings is 1. The van der Waals surface area contributed by atoms with Crippen molar-refractivity contribution in [3.8, 4) is 0 Å². The third-order valence-corrected chi connectivity index (χ3v) is 4.54. The molecule has 1 aliphatic rings. The molecule has 110 valence electrons. The van der Waals surface area contributed by atoms with E-state index in [0.29, 0.717) is 19.0 Å². The third kappa shape index (κ3) is 3.83. The zero-order valence-electron chi connectivity index (χ0n) is 12.9. The minimum Gasteiger partial charge on any atom is -0.352 e. The van der Waals surface area contributed by atoms with Crippen molar-refractivity contribution in [2.75, 3.05) is 13.6 Å². The molecule has 0 saturated carbocycles. The summed E-state index contributed by atoms with van der Waals surface area (Å²) >= 11 is 0. The fraction of sp³-hybridized carbons (Fsp3) is 0.588. The van der Waals surface area contributed by atoms with E-state index in [2.05, 4.69) is 49.3 Å². The van der Waals surface area contributed by atoms with E-state index in [-0.39, 0.29) is 5.91 Å². The Balaban J connectivity index is 1.84. The lowest BCUT2D eigenvalue weighted by atomic mass is 9.99. The molecule has 1 N–H and O–H groups in total. The van der Waals surface area contributed by atoms with Gasteiger partial charge < -0.3 is 10.2 Å². The van der Waals surface area contributed by atoms with Crippen LogP contribution < -0.4 is 5.32 Å². The van der Waals surface area contributed by atoms with Gasteiger partial charge in [-0.1, -0.05) is 24.6 Å². The van der Waals surface area contributed by atoms with Crippen LogP contribution in [-0.2, 0) is 11.3 Å². The van der Waals surface area contributed by atoms with Gasteiger partial charge >= 0.3 is 0 Å². The second-order valence-corrected chi connectivity index (χ2v) is 5.97. The summed E-state index contributed by atoms with van der Waals surface area (Å²) in [7, 11) is 2.13. The normalized spacial score (nSPS) is 19.9. The molecule has 3 heteroatoms. The summed E-state index contributed by atoms with van der Waals surface area (Å²) in [5.41, 5.74) is 3.78. The van der Waals surface area contributed by atoms with E-state index in [1.165, 1.54) is 29.5 Å². The van der Waals surface area contributed by atoms with Gasteiger partial charge in [-0.25, -0.2) is 0 Å². The third-order valence-electron chi connectivity index (χ3n) is 4.54. The number of carbonyl (C=O) groups excluding carboxylic acids is 1. The number of carbonyl (C=O) groups is 1. The molecule has 0 bridgehead atoms. The van der Waals surface area contributed by atoms with Gasteiger partial charge in [-0.2, -0.15) is 0 Å². The van der Waals surface area contributed by atoms with Gasteiger partial charge in [-0.15, -0.1) is 0 Å². The van der Waals surface area contributed by atoms with Crippen LogP contribution >= 0.6 is 0 Å². The first kappa shape index (κ1) is 15.0. The van der Waals surface area contributed by atoms with Crippen LogP contribution in [0.1, 0.15) is 42.4 Å². The molecular formula is C17H26N2O. The first-order valence-electron chi connectivity index (χ1n) is 7.60. The molecule has 1 heterocycles. The molecule has 1 saturated heterocycles. The van der Waals surface area contributed by atoms with Crippen molar-refractivity contribution in [1.29, 1.82) is 0 Å². The van der Waals surface area contributed by atoms with Gasteiger partial charge in [0, 0.05) is 19.0 Å². The Morgan fingerprint density at radius 1 is 1.35 bits per heavy atom. The molecule has 1 amide bonds. The number of piperidine rings is 1. The largest absolute Gasteiger partial charge is 0.352 e. The van der Waals surface area contributed by atoms with Crippen molar-refractivity contribution in [3.63, 3.8) is 0 Å². The number of hydrogen-bond donors (Lipinski definition) is 1. The second kappa shape index (κ2) is 6.89. The second-order valence-electron chi connectivity index (χ2n) is 5.97. The van der Waals surface area contributed by atoms with Gasteiger partial charge in [-0.3, -0.25) is 4.79 Å². The summed E-state index contributed by atoms with van der Waals surface area (Å²) in [6.45, 7) is 5.99. The van der Waals surface area contributed by atoms with E-state index < -0.39 is 0 Å². The summed E-state index contributed by atoms with van der Waals surface area (Å²) in [5, 5.41) is 3.07. The van der Waals surface area contributed by atoms with Crippen molar-refractivity contribution >= 4 is 5.91 Å². The van der Waals surface area contributed by atoms with Gasteiger partial charge in [0.2, 0.25) is 5.91 Å². The number of aryl methyl sites for hydroxylation is 1. The van der Waals surface area contributed by atoms with Gasteiger partial charge in [0.1, 0.15) is 0 Å². The predicted octanol–water partition coefficient (Wildman–Crippen LogP) is 2.79. The van der Waals surface area contributed by atoms with Gasteiger partial charge in [0.25, 0.3) is 0 Å². The van der Waals surface area contributed by atoms with Gasteiger partial charge in [0.15, 0.2) is 0 Å². The lowest BCUT2D eigenvalue weighted by Crippen LogP contribution is -2.40. The van der Waals surface area contributed by atoms with Crippen LogP contribution in [-0.4, -0.2) is 30.4 Å². The molecule has 1 fully saturated rings. The Bertz CT molecular complexity index is 470. The molecule has 1 aromatic carbocycles. The van der Waals surface area contributed by atoms with Gasteiger partial charge in [0.05, 0.1) is 0 Å². The Hall–Kier alpha value is -1.35. The van der Waals surface area contributed by atoms with E-state index in [1.54, 1.807) is 0 Å². The Morgan fingerprint density at radius 3 is 2.90 bits per heavy atom. The summed E-state index contributed by atoms with van der Waals surface area (Å²) < 4.78 is 0. The van der Waals surface area contributed by atoms with Crippen LogP contribution in [0, 0.1) is 13.8 Å². The fourth-order valence-corrected chi connectivity index (χ4v) is 2.89. The fourth-order valence-electron chi connectivity index (χ4n) is 2.89. The summed E-state index contributed by atoms with van der Waals surface area (Å²) in [6, 6.07) is 6.67. The van der Waals surface area contributed by atoms with E-state index in [9.17, 15) is 4.79 Å². The average Bonchev–Trinajstić information content (AvgIpc) is 2.43. The zero-order chi connectivity index (χ0) is 14.5. The summed E-state index contributed by atoms with van der Waals surface area (Å²) in [6.07, 6.45) is 4.28. The molecule has 20 heavy (non-hydrogen) atoms. The highest BCUT2D eigenvalue weighted by molar-refractivity contribution is 5.76. The lowest BCUT2D eigenvalue weighted by Gasteiger charge is -2.31. The summed E-state index contributed by atoms with van der Waals surface area (Å²) in [4.78, 5) is 14.4.